The van der Waals surface area contributed by atoms with Gasteiger partial charge in [-0.15, -0.1) is 0 Å². The first kappa shape index (κ1) is 36.1. The van der Waals surface area contributed by atoms with Crippen molar-refractivity contribution >= 4 is 36.3 Å². The Kier molecular flexibility index (Phi) is 94.4. The second-order valence-corrected chi connectivity index (χ2v) is 1.47. The third-order valence-corrected chi connectivity index (χ3v) is 0. The van der Waals surface area contributed by atoms with E-state index in [0.29, 0.717) is 0 Å². The summed E-state index contributed by atoms with van der Waals surface area (Å²) in [6.45, 7) is 4.00. The molecule has 0 aliphatic rings. The van der Waals surface area contributed by atoms with Gasteiger partial charge in [-0.1, -0.05) is 0 Å². The summed E-state index contributed by atoms with van der Waals surface area (Å²) in [6, 6.07) is 0. The van der Waals surface area contributed by atoms with E-state index in [1.807, 2.05) is 13.6 Å². The van der Waals surface area contributed by atoms with Gasteiger partial charge in [0.25, 0.3) is 0 Å². The molecule has 0 unspecified atom stereocenters. The van der Waals surface area contributed by atoms with Gasteiger partial charge >= 0.3 is 59.1 Å². The number of carbonyl (C=O) groups excluding carboxylic acids is 2. The topological polar surface area (TPSA) is 155 Å². The van der Waals surface area contributed by atoms with Crippen molar-refractivity contribution < 1.29 is 95.3 Å². The van der Waals surface area contributed by atoms with Crippen LogP contribution in [0.5, 0.6) is 0 Å². The summed E-state index contributed by atoms with van der Waals surface area (Å²) in [5, 5.41) is 0. The predicted octanol–water partition coefficient (Wildman–Crippen LogP) is -7.03. The Hall–Kier alpha value is 1.48. The van der Waals surface area contributed by atoms with Crippen molar-refractivity contribution in [1.29, 1.82) is 0 Å². The molecular formula is C2H6Na2O8S2. The number of rotatable bonds is 0. The van der Waals surface area contributed by atoms with Crippen LogP contribution in [0.3, 0.4) is 0 Å². The first-order valence-corrected chi connectivity index (χ1v) is 3.67. The molecule has 0 aromatic rings. The molecule has 0 atom stereocenters. The zero-order valence-corrected chi connectivity index (χ0v) is 13.2. The molecule has 0 fully saturated rings. The Labute approximate surface area is 130 Å². The van der Waals surface area contributed by atoms with Crippen LogP contribution in [-0.4, -0.2) is 40.2 Å². The average Bonchev–Trinajstić information content (AvgIpc) is 1.93. The molecule has 8 nitrogen and oxygen atoms in total. The molecule has 0 heterocycles. The van der Waals surface area contributed by atoms with E-state index < -0.39 is 10.4 Å². The smallest absolute Gasteiger partial charge is 0.759 e. The van der Waals surface area contributed by atoms with Gasteiger partial charge in [0.05, 0.1) is 0 Å². The van der Waals surface area contributed by atoms with Crippen LogP contribution in [0.1, 0.15) is 0 Å². The molecule has 0 saturated carbocycles. The molecule has 0 rings (SSSR count). The molecular weight excluding hydrogens is 262 g/mol. The number of carbonyl (C=O) groups is 2. The monoisotopic (exact) mass is 268 g/mol. The van der Waals surface area contributed by atoms with Gasteiger partial charge in [0, 0.05) is 10.4 Å². The number of hydrogen-bond acceptors (Lipinski definition) is 9. The van der Waals surface area contributed by atoms with E-state index >= 15 is 0 Å². The molecule has 2 N–H and O–H groups in total. The van der Waals surface area contributed by atoms with E-state index in [9.17, 15) is 0 Å². The van der Waals surface area contributed by atoms with Crippen LogP contribution in [0.15, 0.2) is 0 Å². The first-order valence-electron chi connectivity index (χ1n) is 1.61. The SMILES string of the molecule is C=O.C=O.O=S(=O)([O-])[O-].OSO.[Na+].[Na+]. The van der Waals surface area contributed by atoms with Crippen molar-refractivity contribution in [1.82, 2.24) is 0 Å². The standard InChI is InChI=1S/2CH2O.2Na.H2O4S.H2O2S/c2*1-2;;;1-5(2,3)4;1-3-2/h2*1H2;;;(H2,1,2,3,4);1-2H/q;;2*+1;;/p-2. The zero-order valence-electron chi connectivity index (χ0n) is 7.57. The molecule has 0 aromatic carbocycles. The summed E-state index contributed by atoms with van der Waals surface area (Å²) >= 11 is -0.250. The van der Waals surface area contributed by atoms with E-state index in [1.54, 1.807) is 0 Å². The molecule has 0 aromatic heterocycles. The van der Waals surface area contributed by atoms with E-state index in [-0.39, 0.29) is 71.4 Å². The van der Waals surface area contributed by atoms with Gasteiger partial charge < -0.3 is 27.8 Å². The van der Waals surface area contributed by atoms with Crippen LogP contribution in [0, 0.1) is 0 Å². The fraction of sp³-hybridized carbons (Fsp3) is 0. The third kappa shape index (κ3) is 959. The molecule has 12 heteroatoms. The second-order valence-electron chi connectivity index (χ2n) is 0.490. The summed E-state index contributed by atoms with van der Waals surface area (Å²) in [4.78, 5) is 16.0. The fourth-order valence-corrected chi connectivity index (χ4v) is 0. The average molecular weight is 268 g/mol. The van der Waals surface area contributed by atoms with Gasteiger partial charge in [-0.2, -0.15) is 0 Å². The molecule has 0 aliphatic heterocycles. The largest absolute Gasteiger partial charge is 1.00 e. The van der Waals surface area contributed by atoms with Crippen molar-refractivity contribution in [3.05, 3.63) is 0 Å². The van der Waals surface area contributed by atoms with Gasteiger partial charge in [0.1, 0.15) is 13.6 Å². The van der Waals surface area contributed by atoms with Crippen molar-refractivity contribution in [2.75, 3.05) is 0 Å². The summed E-state index contributed by atoms with van der Waals surface area (Å²) in [7, 11) is -5.17. The Morgan fingerprint density at radius 2 is 0.929 bits per heavy atom. The van der Waals surface area contributed by atoms with Crippen LogP contribution in [0.25, 0.3) is 0 Å². The zero-order chi connectivity index (χ0) is 11.2. The van der Waals surface area contributed by atoms with E-state index in [2.05, 4.69) is 0 Å². The van der Waals surface area contributed by atoms with E-state index in [1.165, 1.54) is 0 Å². The molecule has 0 aliphatic carbocycles. The maximum absolute atomic E-state index is 8.52. The maximum Gasteiger partial charge on any atom is 1.00 e. The second kappa shape index (κ2) is 36.6. The van der Waals surface area contributed by atoms with Crippen LogP contribution < -0.4 is 59.1 Å². The van der Waals surface area contributed by atoms with Gasteiger partial charge in [0.2, 0.25) is 0 Å². The maximum atomic E-state index is 8.52. The third-order valence-electron chi connectivity index (χ3n) is 0. The van der Waals surface area contributed by atoms with Gasteiger partial charge in [0.15, 0.2) is 12.3 Å². The van der Waals surface area contributed by atoms with Gasteiger partial charge in [-0.25, -0.2) is 0 Å². The minimum absolute atomic E-state index is 0. The quantitative estimate of drug-likeness (QED) is 0.188. The van der Waals surface area contributed by atoms with Crippen LogP contribution in [-0.2, 0) is 20.0 Å². The molecule has 14 heavy (non-hydrogen) atoms. The minimum atomic E-state index is -5.17. The normalized spacial score (nSPS) is 6.00. The molecule has 0 saturated heterocycles. The fourth-order valence-electron chi connectivity index (χ4n) is 0. The Morgan fingerprint density at radius 3 is 0.929 bits per heavy atom. The van der Waals surface area contributed by atoms with Gasteiger partial charge in [-0.3, -0.25) is 8.42 Å². The molecule has 0 bridgehead atoms. The van der Waals surface area contributed by atoms with Crippen LogP contribution >= 0.6 is 12.3 Å². The van der Waals surface area contributed by atoms with Crippen molar-refractivity contribution in [2.24, 2.45) is 0 Å². The molecule has 0 radical (unpaired) electrons. The van der Waals surface area contributed by atoms with Crippen molar-refractivity contribution in [3.63, 3.8) is 0 Å². The Balaban J connectivity index is -0.0000000159. The van der Waals surface area contributed by atoms with Crippen molar-refractivity contribution in [2.45, 2.75) is 0 Å². The Bertz CT molecular complexity index is 137. The van der Waals surface area contributed by atoms with Crippen LogP contribution in [0.2, 0.25) is 0 Å². The molecule has 0 spiro atoms. The molecule has 76 valence electrons. The summed E-state index contributed by atoms with van der Waals surface area (Å²) in [5.41, 5.74) is 0. The van der Waals surface area contributed by atoms with Crippen LogP contribution in [0.4, 0.5) is 0 Å². The summed E-state index contributed by atoms with van der Waals surface area (Å²) in [6.07, 6.45) is 0. The minimum Gasteiger partial charge on any atom is -0.759 e. The Morgan fingerprint density at radius 1 is 0.929 bits per heavy atom. The molecule has 0 amide bonds. The summed E-state index contributed by atoms with van der Waals surface area (Å²) in [5.74, 6) is 0. The van der Waals surface area contributed by atoms with E-state index in [4.69, 9.17) is 36.2 Å². The van der Waals surface area contributed by atoms with Crippen molar-refractivity contribution in [3.8, 4) is 0 Å². The predicted molar refractivity (Wildman–Crippen MR) is 37.6 cm³/mol. The number of hydrogen-bond donors (Lipinski definition) is 2. The summed E-state index contributed by atoms with van der Waals surface area (Å²) < 4.78 is 48.2. The van der Waals surface area contributed by atoms with E-state index in [0.717, 1.165) is 0 Å². The van der Waals surface area contributed by atoms with Gasteiger partial charge in [-0.05, 0) is 0 Å². The first-order chi connectivity index (χ1) is 5.41.